The van der Waals surface area contributed by atoms with Crippen LogP contribution in [0, 0.1) is 0 Å². The van der Waals surface area contributed by atoms with Crippen molar-refractivity contribution in [1.29, 1.82) is 0 Å². The molecule has 0 unspecified atom stereocenters. The second-order valence-corrected chi connectivity index (χ2v) is 5.46. The molecule has 2 fully saturated rings. The first-order chi connectivity index (χ1) is 9.70. The molecule has 1 aliphatic heterocycles. The maximum atomic E-state index is 12.2. The molecule has 0 aromatic carbocycles. The lowest BCUT2D eigenvalue weighted by Crippen LogP contribution is -2.50. The molecule has 1 N–H and O–H groups in total. The predicted molar refractivity (Wildman–Crippen MR) is 73.4 cm³/mol. The minimum atomic E-state index is -0.627. The fraction of sp³-hybridized carbons (Fsp3) is 0.857. The molecule has 0 atom stereocenters. The number of carbonyl (C=O) groups is 2. The van der Waals surface area contributed by atoms with Crippen molar-refractivity contribution in [3.05, 3.63) is 0 Å². The summed E-state index contributed by atoms with van der Waals surface area (Å²) in [6, 6.07) is -0.271. The summed E-state index contributed by atoms with van der Waals surface area (Å²) >= 11 is 0. The molecule has 0 aromatic heterocycles. The number of imide groups is 1. The van der Waals surface area contributed by atoms with Gasteiger partial charge in [-0.2, -0.15) is 0 Å². The van der Waals surface area contributed by atoms with E-state index < -0.39 is 5.54 Å². The molecule has 1 saturated carbocycles. The van der Waals surface area contributed by atoms with Gasteiger partial charge in [-0.1, -0.05) is 25.7 Å². The van der Waals surface area contributed by atoms with Crippen molar-refractivity contribution in [2.45, 2.75) is 44.1 Å². The number of ether oxygens (including phenoxy) is 2. The molecule has 6 nitrogen and oxygen atoms in total. The van der Waals surface area contributed by atoms with Crippen LogP contribution in [0.3, 0.4) is 0 Å². The number of hydrogen-bond donors (Lipinski definition) is 1. The van der Waals surface area contributed by atoms with Crippen LogP contribution in [-0.4, -0.2) is 55.9 Å². The van der Waals surface area contributed by atoms with Crippen LogP contribution >= 0.6 is 0 Å². The molecule has 1 aliphatic carbocycles. The molecular weight excluding hydrogens is 260 g/mol. The van der Waals surface area contributed by atoms with Gasteiger partial charge < -0.3 is 14.4 Å². The SMILES string of the molecule is COCCOCCN1C(=O)NC(=O)C12CCCCCC2. The van der Waals surface area contributed by atoms with Gasteiger partial charge in [-0.3, -0.25) is 10.1 Å². The van der Waals surface area contributed by atoms with Gasteiger partial charge in [0.2, 0.25) is 0 Å². The van der Waals surface area contributed by atoms with Gasteiger partial charge in [0.05, 0.1) is 19.8 Å². The van der Waals surface area contributed by atoms with E-state index in [1.54, 1.807) is 12.0 Å². The Balaban J connectivity index is 1.96. The lowest BCUT2D eigenvalue weighted by molar-refractivity contribution is -0.127. The minimum absolute atomic E-state index is 0.124. The molecule has 1 saturated heterocycles. The third-order valence-corrected chi connectivity index (χ3v) is 4.23. The molecular formula is C14H24N2O4. The summed E-state index contributed by atoms with van der Waals surface area (Å²) in [7, 11) is 1.62. The molecule has 20 heavy (non-hydrogen) atoms. The number of rotatable bonds is 6. The van der Waals surface area contributed by atoms with E-state index in [0.717, 1.165) is 38.5 Å². The van der Waals surface area contributed by atoms with Crippen molar-refractivity contribution in [2.24, 2.45) is 0 Å². The molecule has 1 heterocycles. The Kier molecular flexibility index (Phi) is 5.37. The lowest BCUT2D eigenvalue weighted by atomic mass is 9.89. The summed E-state index contributed by atoms with van der Waals surface area (Å²) in [4.78, 5) is 25.9. The molecule has 0 bridgehead atoms. The van der Waals surface area contributed by atoms with E-state index in [9.17, 15) is 9.59 Å². The summed E-state index contributed by atoms with van der Waals surface area (Å²) in [6.07, 6.45) is 5.82. The Morgan fingerprint density at radius 2 is 1.80 bits per heavy atom. The number of amides is 3. The van der Waals surface area contributed by atoms with Crippen LogP contribution < -0.4 is 5.32 Å². The van der Waals surface area contributed by atoms with Gasteiger partial charge in [0.1, 0.15) is 5.54 Å². The molecule has 2 rings (SSSR count). The van der Waals surface area contributed by atoms with Crippen molar-refractivity contribution >= 4 is 11.9 Å². The molecule has 2 aliphatic rings. The Hall–Kier alpha value is -1.14. The average molecular weight is 284 g/mol. The van der Waals surface area contributed by atoms with Crippen molar-refractivity contribution in [2.75, 3.05) is 33.5 Å². The van der Waals surface area contributed by atoms with Crippen LogP contribution in [-0.2, 0) is 14.3 Å². The van der Waals surface area contributed by atoms with Crippen molar-refractivity contribution in [1.82, 2.24) is 10.2 Å². The number of nitrogens with one attached hydrogen (secondary N) is 1. The van der Waals surface area contributed by atoms with E-state index in [0.29, 0.717) is 26.4 Å². The third kappa shape index (κ3) is 3.12. The largest absolute Gasteiger partial charge is 0.382 e. The van der Waals surface area contributed by atoms with E-state index in [4.69, 9.17) is 9.47 Å². The smallest absolute Gasteiger partial charge is 0.325 e. The normalized spacial score (nSPS) is 22.1. The van der Waals surface area contributed by atoms with Gasteiger partial charge in [0, 0.05) is 13.7 Å². The maximum Gasteiger partial charge on any atom is 0.325 e. The van der Waals surface area contributed by atoms with E-state index >= 15 is 0 Å². The number of nitrogens with zero attached hydrogens (tertiary/aromatic N) is 1. The van der Waals surface area contributed by atoms with Gasteiger partial charge in [0.15, 0.2) is 0 Å². The molecule has 114 valence electrons. The zero-order valence-corrected chi connectivity index (χ0v) is 12.2. The topological polar surface area (TPSA) is 67.9 Å². The molecule has 0 radical (unpaired) electrons. The highest BCUT2D eigenvalue weighted by Crippen LogP contribution is 2.35. The van der Waals surface area contributed by atoms with E-state index in [1.165, 1.54) is 0 Å². The summed E-state index contributed by atoms with van der Waals surface area (Å²) in [6.45, 7) is 1.94. The Morgan fingerprint density at radius 1 is 1.10 bits per heavy atom. The van der Waals surface area contributed by atoms with Crippen LogP contribution in [0.15, 0.2) is 0 Å². The highest BCUT2D eigenvalue weighted by Gasteiger charge is 2.51. The van der Waals surface area contributed by atoms with E-state index in [2.05, 4.69) is 5.32 Å². The van der Waals surface area contributed by atoms with Crippen LogP contribution in [0.1, 0.15) is 38.5 Å². The molecule has 1 spiro atoms. The number of methoxy groups -OCH3 is 1. The fourth-order valence-corrected chi connectivity index (χ4v) is 3.12. The second kappa shape index (κ2) is 7.04. The number of carbonyl (C=O) groups excluding carboxylic acids is 2. The van der Waals surface area contributed by atoms with Crippen LogP contribution in [0.25, 0.3) is 0 Å². The zero-order valence-electron chi connectivity index (χ0n) is 12.2. The number of hydrogen-bond acceptors (Lipinski definition) is 4. The molecule has 3 amide bonds. The summed E-state index contributed by atoms with van der Waals surface area (Å²) < 4.78 is 10.3. The predicted octanol–water partition coefficient (Wildman–Crippen LogP) is 1.29. The Bertz CT molecular complexity index is 351. The van der Waals surface area contributed by atoms with Crippen molar-refractivity contribution in [3.63, 3.8) is 0 Å². The lowest BCUT2D eigenvalue weighted by Gasteiger charge is -2.34. The van der Waals surface area contributed by atoms with Crippen molar-refractivity contribution < 1.29 is 19.1 Å². The van der Waals surface area contributed by atoms with Crippen LogP contribution in [0.4, 0.5) is 4.79 Å². The molecule has 6 heteroatoms. The zero-order chi connectivity index (χ0) is 14.4. The first-order valence-electron chi connectivity index (χ1n) is 7.40. The summed E-state index contributed by atoms with van der Waals surface area (Å²) in [5, 5.41) is 2.48. The van der Waals surface area contributed by atoms with E-state index in [1.807, 2.05) is 0 Å². The second-order valence-electron chi connectivity index (χ2n) is 5.46. The average Bonchev–Trinajstić information content (AvgIpc) is 2.63. The maximum absolute atomic E-state index is 12.2. The first-order valence-corrected chi connectivity index (χ1v) is 7.40. The van der Waals surface area contributed by atoms with Gasteiger partial charge in [-0.05, 0) is 12.8 Å². The highest BCUT2D eigenvalue weighted by atomic mass is 16.5. The first kappa shape index (κ1) is 15.3. The summed E-state index contributed by atoms with van der Waals surface area (Å²) in [5.74, 6) is -0.124. The summed E-state index contributed by atoms with van der Waals surface area (Å²) in [5.41, 5.74) is -0.627. The minimum Gasteiger partial charge on any atom is -0.382 e. The van der Waals surface area contributed by atoms with Gasteiger partial charge in [-0.15, -0.1) is 0 Å². The van der Waals surface area contributed by atoms with Crippen LogP contribution in [0.5, 0.6) is 0 Å². The third-order valence-electron chi connectivity index (χ3n) is 4.23. The standard InChI is InChI=1S/C14H24N2O4/c1-19-10-11-20-9-8-16-13(18)15-12(17)14(16)6-4-2-3-5-7-14/h2-11H2,1H3,(H,15,17,18). The van der Waals surface area contributed by atoms with Gasteiger partial charge in [-0.25, -0.2) is 4.79 Å². The fourth-order valence-electron chi connectivity index (χ4n) is 3.12. The Labute approximate surface area is 119 Å². The van der Waals surface area contributed by atoms with Crippen molar-refractivity contribution in [3.8, 4) is 0 Å². The van der Waals surface area contributed by atoms with Gasteiger partial charge >= 0.3 is 6.03 Å². The monoisotopic (exact) mass is 284 g/mol. The highest BCUT2D eigenvalue weighted by molar-refractivity contribution is 6.07. The molecule has 0 aromatic rings. The quantitative estimate of drug-likeness (QED) is 0.589. The number of urea groups is 1. The van der Waals surface area contributed by atoms with E-state index in [-0.39, 0.29) is 11.9 Å². The van der Waals surface area contributed by atoms with Gasteiger partial charge in [0.25, 0.3) is 5.91 Å². The Morgan fingerprint density at radius 3 is 2.45 bits per heavy atom. The van der Waals surface area contributed by atoms with Crippen LogP contribution in [0.2, 0.25) is 0 Å².